The second-order valence-corrected chi connectivity index (χ2v) is 4.40. The number of hydrogen-bond acceptors (Lipinski definition) is 3. The van der Waals surface area contributed by atoms with E-state index in [4.69, 9.17) is 5.73 Å². The van der Waals surface area contributed by atoms with Gasteiger partial charge in [-0.25, -0.2) is 9.18 Å². The number of hydrogen-bond donors (Lipinski definition) is 3. The monoisotopic (exact) mass is 299 g/mol. The molecule has 0 saturated heterocycles. The molecule has 22 heavy (non-hydrogen) atoms. The minimum Gasteiger partial charge on any atom is -0.399 e. The minimum atomic E-state index is -0.714. The Labute approximate surface area is 126 Å². The Morgan fingerprint density at radius 3 is 2.41 bits per heavy atom. The van der Waals surface area contributed by atoms with E-state index in [9.17, 15) is 14.0 Å². The van der Waals surface area contributed by atoms with Crippen molar-refractivity contribution < 1.29 is 14.0 Å². The standard InChI is InChI=1S/C16H14FN3O2/c17-14-4-2-1-3-11(14)9-10-19-16(22)20-15(21)12-5-7-13(18)8-6-12/h1-10H,18H2,(H2,19,20,21,22)/b10-9+. The Hall–Kier alpha value is -3.15. The van der Waals surface area contributed by atoms with E-state index in [2.05, 4.69) is 10.6 Å². The summed E-state index contributed by atoms with van der Waals surface area (Å²) in [4.78, 5) is 23.3. The maximum Gasteiger partial charge on any atom is 0.325 e. The van der Waals surface area contributed by atoms with Crippen LogP contribution in [-0.4, -0.2) is 11.9 Å². The Bertz CT molecular complexity index is 712. The van der Waals surface area contributed by atoms with Crippen molar-refractivity contribution in [3.8, 4) is 0 Å². The molecule has 0 aromatic heterocycles. The molecule has 0 fully saturated rings. The third kappa shape index (κ3) is 4.17. The van der Waals surface area contributed by atoms with Gasteiger partial charge in [0.25, 0.3) is 5.91 Å². The van der Waals surface area contributed by atoms with Gasteiger partial charge >= 0.3 is 6.03 Å². The zero-order chi connectivity index (χ0) is 15.9. The highest BCUT2D eigenvalue weighted by molar-refractivity contribution is 6.04. The summed E-state index contributed by atoms with van der Waals surface area (Å²) < 4.78 is 13.3. The van der Waals surface area contributed by atoms with Crippen LogP contribution in [-0.2, 0) is 0 Å². The summed E-state index contributed by atoms with van der Waals surface area (Å²) in [7, 11) is 0. The minimum absolute atomic E-state index is 0.308. The van der Waals surface area contributed by atoms with Gasteiger partial charge in [-0.3, -0.25) is 10.1 Å². The molecule has 2 aromatic carbocycles. The van der Waals surface area contributed by atoms with E-state index in [-0.39, 0.29) is 0 Å². The molecule has 0 aliphatic carbocycles. The molecule has 6 heteroatoms. The van der Waals surface area contributed by atoms with Crippen molar-refractivity contribution in [2.75, 3.05) is 5.73 Å². The summed E-state index contributed by atoms with van der Waals surface area (Å²) in [5.74, 6) is -0.962. The summed E-state index contributed by atoms with van der Waals surface area (Å²) in [6.45, 7) is 0. The number of imide groups is 1. The van der Waals surface area contributed by atoms with E-state index in [1.165, 1.54) is 30.5 Å². The van der Waals surface area contributed by atoms with Crippen molar-refractivity contribution >= 4 is 23.7 Å². The molecule has 0 unspecified atom stereocenters. The number of halogens is 1. The lowest BCUT2D eigenvalue weighted by molar-refractivity contribution is 0.0965. The van der Waals surface area contributed by atoms with Crippen molar-refractivity contribution in [3.63, 3.8) is 0 Å². The molecule has 5 nitrogen and oxygen atoms in total. The van der Waals surface area contributed by atoms with Crippen LogP contribution in [0.3, 0.4) is 0 Å². The van der Waals surface area contributed by atoms with Gasteiger partial charge < -0.3 is 11.1 Å². The highest BCUT2D eigenvalue weighted by Gasteiger charge is 2.08. The molecule has 0 saturated carbocycles. The van der Waals surface area contributed by atoms with Crippen molar-refractivity contribution in [2.45, 2.75) is 0 Å². The van der Waals surface area contributed by atoms with Gasteiger partial charge in [-0.2, -0.15) is 0 Å². The molecule has 3 amide bonds. The third-order valence-electron chi connectivity index (χ3n) is 2.78. The molecule has 2 aromatic rings. The summed E-state index contributed by atoms with van der Waals surface area (Å²) in [5, 5.41) is 4.47. The van der Waals surface area contributed by atoms with Gasteiger partial charge in [0.05, 0.1) is 0 Å². The number of anilines is 1. The zero-order valence-electron chi connectivity index (χ0n) is 11.5. The summed E-state index contributed by atoms with van der Waals surface area (Å²) in [6.07, 6.45) is 2.65. The molecule has 4 N–H and O–H groups in total. The highest BCUT2D eigenvalue weighted by atomic mass is 19.1. The van der Waals surface area contributed by atoms with Crippen LogP contribution in [0.1, 0.15) is 15.9 Å². The number of rotatable bonds is 3. The van der Waals surface area contributed by atoms with Crippen molar-refractivity contribution in [1.29, 1.82) is 0 Å². The first-order valence-corrected chi connectivity index (χ1v) is 6.45. The van der Waals surface area contributed by atoms with Gasteiger partial charge in [-0.1, -0.05) is 18.2 Å². The zero-order valence-corrected chi connectivity index (χ0v) is 11.5. The second-order valence-electron chi connectivity index (χ2n) is 4.40. The van der Waals surface area contributed by atoms with Crippen LogP contribution in [0.2, 0.25) is 0 Å². The average Bonchev–Trinajstić information content (AvgIpc) is 2.50. The van der Waals surface area contributed by atoms with Gasteiger partial charge in [0.2, 0.25) is 0 Å². The van der Waals surface area contributed by atoms with Crippen LogP contribution >= 0.6 is 0 Å². The van der Waals surface area contributed by atoms with Gasteiger partial charge in [0, 0.05) is 23.0 Å². The molecular formula is C16H14FN3O2. The first-order chi connectivity index (χ1) is 10.6. The molecule has 0 heterocycles. The predicted molar refractivity (Wildman–Crippen MR) is 82.3 cm³/mol. The van der Waals surface area contributed by atoms with Crippen molar-refractivity contribution in [1.82, 2.24) is 10.6 Å². The Morgan fingerprint density at radius 1 is 1.05 bits per heavy atom. The van der Waals surface area contributed by atoms with E-state index >= 15 is 0 Å². The van der Waals surface area contributed by atoms with E-state index < -0.39 is 17.8 Å². The number of nitrogens with one attached hydrogen (secondary N) is 2. The van der Waals surface area contributed by atoms with E-state index in [1.807, 2.05) is 0 Å². The number of amides is 3. The van der Waals surface area contributed by atoms with Crippen LogP contribution in [0.4, 0.5) is 14.9 Å². The van der Waals surface area contributed by atoms with Crippen molar-refractivity contribution in [2.24, 2.45) is 0 Å². The van der Waals surface area contributed by atoms with E-state index in [1.54, 1.807) is 30.3 Å². The summed E-state index contributed by atoms with van der Waals surface area (Å²) in [5.41, 5.74) is 6.67. The van der Waals surface area contributed by atoms with Crippen LogP contribution in [0.5, 0.6) is 0 Å². The van der Waals surface area contributed by atoms with Crippen LogP contribution < -0.4 is 16.4 Å². The molecule has 2 rings (SSSR count). The lowest BCUT2D eigenvalue weighted by atomic mass is 10.2. The third-order valence-corrected chi connectivity index (χ3v) is 2.78. The predicted octanol–water partition coefficient (Wildman–Crippen LogP) is 2.52. The molecule has 0 aliphatic rings. The molecule has 0 radical (unpaired) electrons. The van der Waals surface area contributed by atoms with Crippen LogP contribution in [0, 0.1) is 5.82 Å². The van der Waals surface area contributed by atoms with Crippen LogP contribution in [0.15, 0.2) is 54.7 Å². The lowest BCUT2D eigenvalue weighted by Gasteiger charge is -2.04. The van der Waals surface area contributed by atoms with Crippen LogP contribution in [0.25, 0.3) is 6.08 Å². The molecule has 0 spiro atoms. The molecule has 0 atom stereocenters. The quantitative estimate of drug-likeness (QED) is 0.761. The fraction of sp³-hybridized carbons (Fsp3) is 0. The van der Waals surface area contributed by atoms with E-state index in [0.29, 0.717) is 16.8 Å². The maximum absolute atomic E-state index is 13.3. The number of urea groups is 1. The summed E-state index contributed by atoms with van der Waals surface area (Å²) in [6, 6.07) is 11.5. The first-order valence-electron chi connectivity index (χ1n) is 6.45. The summed E-state index contributed by atoms with van der Waals surface area (Å²) >= 11 is 0. The topological polar surface area (TPSA) is 84.2 Å². The largest absolute Gasteiger partial charge is 0.399 e. The SMILES string of the molecule is Nc1ccc(C(=O)NC(=O)N/C=C/c2ccccc2F)cc1. The first kappa shape index (κ1) is 15.2. The fourth-order valence-corrected chi connectivity index (χ4v) is 1.66. The van der Waals surface area contributed by atoms with Crippen molar-refractivity contribution in [3.05, 3.63) is 71.7 Å². The Kier molecular flexibility index (Phi) is 4.87. The van der Waals surface area contributed by atoms with Gasteiger partial charge in [-0.05, 0) is 36.4 Å². The molecular weight excluding hydrogens is 285 g/mol. The number of carbonyl (C=O) groups is 2. The van der Waals surface area contributed by atoms with Gasteiger partial charge in [0.15, 0.2) is 0 Å². The number of benzene rings is 2. The second kappa shape index (κ2) is 7.03. The number of nitrogens with two attached hydrogens (primary N) is 1. The molecule has 0 aliphatic heterocycles. The smallest absolute Gasteiger partial charge is 0.325 e. The highest BCUT2D eigenvalue weighted by Crippen LogP contribution is 2.07. The molecule has 0 bridgehead atoms. The fourth-order valence-electron chi connectivity index (χ4n) is 1.66. The Balaban J connectivity index is 1.89. The maximum atomic E-state index is 13.3. The Morgan fingerprint density at radius 2 is 1.73 bits per heavy atom. The number of carbonyl (C=O) groups excluding carboxylic acids is 2. The van der Waals surface area contributed by atoms with Gasteiger partial charge in [0.1, 0.15) is 5.82 Å². The van der Waals surface area contributed by atoms with Gasteiger partial charge in [-0.15, -0.1) is 0 Å². The number of nitrogen functional groups attached to an aromatic ring is 1. The average molecular weight is 299 g/mol. The lowest BCUT2D eigenvalue weighted by Crippen LogP contribution is -2.36. The molecule has 112 valence electrons. The van der Waals surface area contributed by atoms with E-state index in [0.717, 1.165) is 0 Å². The normalized spacial score (nSPS) is 10.4.